The van der Waals surface area contributed by atoms with E-state index in [1.165, 1.54) is 165 Å². The van der Waals surface area contributed by atoms with Gasteiger partial charge in [-0.3, -0.25) is 20.2 Å². The monoisotopic (exact) mass is 2480 g/mol. The lowest BCUT2D eigenvalue weighted by molar-refractivity contribution is -0.385. The first-order valence-corrected chi connectivity index (χ1v) is 57.3. The Kier molecular flexibility index (Phi) is 30.7. The molecule has 24 heteroatoms. The number of para-hydroxylation sites is 1. The van der Waals surface area contributed by atoms with Gasteiger partial charge in [-0.05, 0) is 284 Å². The van der Waals surface area contributed by atoms with E-state index < -0.39 is 12.8 Å². The van der Waals surface area contributed by atoms with Crippen LogP contribution in [0.25, 0.3) is 161 Å². The van der Waals surface area contributed by atoms with Crippen LogP contribution in [0.3, 0.4) is 0 Å². The Morgan fingerprint density at radius 1 is 0.319 bits per heavy atom. The number of thiophene rings is 5. The molecule has 26 aromatic rings. The van der Waals surface area contributed by atoms with Crippen LogP contribution in [0.2, 0.25) is 0 Å². The van der Waals surface area contributed by atoms with Crippen LogP contribution >= 0.6 is 183 Å². The molecule has 1 saturated heterocycles. The Morgan fingerprint density at radius 2 is 0.688 bits per heavy atom. The fourth-order valence-electron chi connectivity index (χ4n) is 18.2. The number of aromatic amines is 1. The predicted octanol–water partition coefficient (Wildman–Crippen LogP) is 38.8. The van der Waals surface area contributed by atoms with Crippen molar-refractivity contribution in [1.29, 1.82) is 0 Å². The molecule has 19 aromatic carbocycles. The summed E-state index contributed by atoms with van der Waals surface area (Å²) < 4.78 is 34.5. The van der Waals surface area contributed by atoms with Crippen molar-refractivity contribution in [2.24, 2.45) is 0 Å². The van der Waals surface area contributed by atoms with E-state index in [9.17, 15) is 20.2 Å². The Hall–Kier alpha value is -11.3. The van der Waals surface area contributed by atoms with E-state index in [4.69, 9.17) is 9.31 Å². The number of nitro benzene ring substituents is 2. The average Bonchev–Trinajstić information content (AvgIpc) is 1.56. The molecule has 1 fully saturated rings. The van der Waals surface area contributed by atoms with Gasteiger partial charge in [0.1, 0.15) is 4.47 Å². The Balaban J connectivity index is 0.000000103. The molecule has 1 aliphatic heterocycles. The van der Waals surface area contributed by atoms with Crippen molar-refractivity contribution in [3.63, 3.8) is 0 Å². The third-order valence-electron chi connectivity index (χ3n) is 25.4. The lowest BCUT2D eigenvalue weighted by Gasteiger charge is -2.32. The lowest BCUT2D eigenvalue weighted by atomic mass is 9.76. The summed E-state index contributed by atoms with van der Waals surface area (Å²) in [6.07, 6.45) is 0. The van der Waals surface area contributed by atoms with E-state index in [2.05, 4.69) is 501 Å². The number of rotatable bonds is 8. The van der Waals surface area contributed by atoms with Crippen molar-refractivity contribution in [1.82, 2.24) is 9.55 Å². The highest BCUT2D eigenvalue weighted by atomic mass is 127. The van der Waals surface area contributed by atoms with Gasteiger partial charge in [-0.2, -0.15) is 0 Å². The third-order valence-corrected chi connectivity index (χ3v) is 38.7. The molecule has 7 aromatic heterocycles. The van der Waals surface area contributed by atoms with Crippen molar-refractivity contribution in [2.75, 3.05) is 0 Å². The highest BCUT2D eigenvalue weighted by molar-refractivity contribution is 14.1. The average molecular weight is 2490 g/mol. The number of benzene rings is 19. The summed E-state index contributed by atoms with van der Waals surface area (Å²) in [5.74, 6) is 0. The topological polar surface area (TPSA) is 125 Å². The first-order chi connectivity index (χ1) is 70.0. The van der Waals surface area contributed by atoms with E-state index >= 15 is 0 Å². The van der Waals surface area contributed by atoms with E-state index in [1.807, 2.05) is 93.9 Å². The molecular formula is C120H83BBr6IN4O6PS5. The van der Waals surface area contributed by atoms with E-state index in [-0.39, 0.29) is 34.6 Å². The summed E-state index contributed by atoms with van der Waals surface area (Å²) in [7, 11) is -0.759. The van der Waals surface area contributed by atoms with Crippen LogP contribution in [0.4, 0.5) is 11.4 Å². The SMILES string of the molecule is Brc1ccc2c(c1)c1c3c(ccc1n2-c1ccccc1)sc1ccccc13.Brc1cccc2[nH]c3ccc4sc5ccccc5c4c3c12.Brc1cccc2sc3ccccc3c12.CC1(C)OB(c2cccc3sc4ccccc4c23)OC1(C)C.Ic1ccccc1.O=[N+]([O-])c1cccc(Br)c1-c1cccc2sc3ccccc3c12.O=[N+]([O-])c1cccc(Br)c1Br.c1ccc(P(c2ccccc2)c2ccccc2)cc1. The molecule has 706 valence electrons. The van der Waals surface area contributed by atoms with E-state index in [0.29, 0.717) is 14.5 Å². The van der Waals surface area contributed by atoms with Gasteiger partial charge in [-0.25, -0.2) is 0 Å². The maximum absolute atomic E-state index is 11.5. The number of nitro groups is 2. The Morgan fingerprint density at radius 3 is 1.19 bits per heavy atom. The summed E-state index contributed by atoms with van der Waals surface area (Å²) in [4.78, 5) is 24.6. The van der Waals surface area contributed by atoms with Crippen molar-refractivity contribution < 1.29 is 19.2 Å². The van der Waals surface area contributed by atoms with Gasteiger partial charge in [-0.1, -0.05) is 315 Å². The second-order valence-electron chi connectivity index (χ2n) is 34.8. The van der Waals surface area contributed by atoms with Gasteiger partial charge in [0.2, 0.25) is 0 Å². The van der Waals surface area contributed by atoms with Gasteiger partial charge in [0.15, 0.2) is 0 Å². The quantitative estimate of drug-likeness (QED) is 0.0531. The normalized spacial score (nSPS) is 12.5. The molecule has 27 rings (SSSR count). The molecule has 10 nitrogen and oxygen atoms in total. The van der Waals surface area contributed by atoms with Crippen molar-refractivity contribution in [2.45, 2.75) is 38.9 Å². The molecule has 0 spiro atoms. The Labute approximate surface area is 916 Å². The Bertz CT molecular complexity index is 9160. The minimum Gasteiger partial charge on any atom is -0.399 e. The van der Waals surface area contributed by atoms with Gasteiger partial charge in [0.25, 0.3) is 11.4 Å². The van der Waals surface area contributed by atoms with Crippen LogP contribution in [0, 0.1) is 23.8 Å². The highest BCUT2D eigenvalue weighted by Gasteiger charge is 2.52. The van der Waals surface area contributed by atoms with Gasteiger partial charge in [0, 0.05) is 172 Å². The van der Waals surface area contributed by atoms with Crippen LogP contribution in [-0.4, -0.2) is 37.7 Å². The zero-order chi connectivity index (χ0) is 99.4. The number of nitrogens with zero attached hydrogens (tertiary/aromatic N) is 3. The maximum Gasteiger partial charge on any atom is 0.495 e. The summed E-state index contributed by atoms with van der Waals surface area (Å²) in [5.41, 5.74) is 8.28. The molecule has 1 N–H and O–H groups in total. The van der Waals surface area contributed by atoms with Crippen molar-refractivity contribution in [3.8, 4) is 16.8 Å². The van der Waals surface area contributed by atoms with Crippen LogP contribution in [0.15, 0.2) is 451 Å². The molecule has 0 bridgehead atoms. The third kappa shape index (κ3) is 20.7. The van der Waals surface area contributed by atoms with Gasteiger partial charge >= 0.3 is 7.12 Å². The molecular weight excluding hydrogens is 2400 g/mol. The summed E-state index contributed by atoms with van der Waals surface area (Å²) >= 11 is 32.1. The van der Waals surface area contributed by atoms with E-state index in [0.717, 1.165) is 39.9 Å². The minimum absolute atomic E-state index is 0.0689. The van der Waals surface area contributed by atoms with E-state index in [1.54, 1.807) is 35.6 Å². The standard InChI is InChI=1S/C24H14BrNS.C18H19BO2S.C18H10BrNO2S.C18H10BrNS.C18H15P.C12H7BrS.C6H3Br2NO2.C6H5I/c25-15-10-11-19-18(14-15)23-20(26(19)16-6-2-1-3-7-16)12-13-22-24(23)17-8-4-5-9-21(17)27-22;1-17(2)18(3,4)21-19(20-17)13-9-7-11-15-16(13)12-8-5-6-10-14(12)22-15;19-13-7-4-8-14(20(21)22)18(13)12-6-3-10-16-17(12)11-5-1-2-9-15(11)23-16;19-11-5-3-6-12-17(11)18-13(20-12)8-9-15-16(18)10-4-1-2-7-14(10)21-15;1-4-10-16(11-5-1)19(17-12-6-2-7-13-17)18-14-8-3-9-15-18;13-9-5-3-7-11-12(9)8-4-1-2-6-10(8)14-11;7-4-2-1-3-5(6(4)8)9(10)11;7-6-4-2-1-3-5-6/h1-14H;5-11H,1-4H3;1-10H;1-9,20H;1-15H;1-7H;1-3H;1-5H. The van der Waals surface area contributed by atoms with Crippen LogP contribution in [0.1, 0.15) is 27.7 Å². The first kappa shape index (κ1) is 100. The second-order valence-corrected chi connectivity index (χ2v) is 48.8. The largest absolute Gasteiger partial charge is 0.495 e. The maximum atomic E-state index is 11.5. The summed E-state index contributed by atoms with van der Waals surface area (Å²) in [6, 6.07) is 146. The van der Waals surface area contributed by atoms with Crippen molar-refractivity contribution in [3.05, 3.63) is 475 Å². The number of hydrogen-bond acceptors (Lipinski definition) is 11. The number of hydrogen-bond donors (Lipinski definition) is 1. The minimum atomic E-state index is -0.446. The second kappa shape index (κ2) is 44.2. The van der Waals surface area contributed by atoms with Gasteiger partial charge in [0.05, 0.1) is 37.6 Å². The highest BCUT2D eigenvalue weighted by Crippen LogP contribution is 2.50. The molecule has 0 radical (unpaired) electrons. The molecule has 0 amide bonds. The summed E-state index contributed by atoms with van der Waals surface area (Å²) in [6.45, 7) is 8.38. The molecule has 8 heterocycles. The van der Waals surface area contributed by atoms with Crippen LogP contribution < -0.4 is 21.4 Å². The fraction of sp³-hybridized carbons (Fsp3) is 0.0500. The zero-order valence-electron chi connectivity index (χ0n) is 77.4. The van der Waals surface area contributed by atoms with Gasteiger partial charge in [-0.15, -0.1) is 56.7 Å². The molecule has 1 aliphatic rings. The van der Waals surface area contributed by atoms with Crippen LogP contribution in [-0.2, 0) is 9.31 Å². The summed E-state index contributed by atoms with van der Waals surface area (Å²) in [5, 5.41) is 44.1. The lowest BCUT2D eigenvalue weighted by Crippen LogP contribution is -2.41. The number of H-pyrrole nitrogens is 1. The number of halogens is 7. The smallest absolute Gasteiger partial charge is 0.399 e. The number of nitrogens with one attached hydrogen (secondary N) is 1. The first-order valence-electron chi connectivity index (χ1n) is 46.0. The predicted molar refractivity (Wildman–Crippen MR) is 652 cm³/mol. The zero-order valence-corrected chi connectivity index (χ0v) is 94.1. The molecule has 0 unspecified atom stereocenters. The fourth-order valence-corrected chi connectivity index (χ4v) is 29.5. The number of fused-ring (bicyclic) bond motifs is 23. The van der Waals surface area contributed by atoms with Crippen LogP contribution in [0.5, 0.6) is 0 Å². The molecule has 0 aliphatic carbocycles. The number of aromatic nitrogens is 2. The molecule has 0 saturated carbocycles. The van der Waals surface area contributed by atoms with Crippen molar-refractivity contribution >= 4 is 367 Å². The van der Waals surface area contributed by atoms with Gasteiger partial charge < -0.3 is 18.9 Å². The molecule has 144 heavy (non-hydrogen) atoms. The molecule has 0 atom stereocenters.